The highest BCUT2D eigenvalue weighted by molar-refractivity contribution is 8.00. The van der Waals surface area contributed by atoms with E-state index in [0.29, 0.717) is 22.9 Å². The predicted octanol–water partition coefficient (Wildman–Crippen LogP) is 3.67. The largest absolute Gasteiger partial charge is 0.469 e. The molecule has 3 aromatic rings. The van der Waals surface area contributed by atoms with Gasteiger partial charge in [-0.15, -0.1) is 10.2 Å². The molecule has 0 aliphatic heterocycles. The first-order valence-corrected chi connectivity index (χ1v) is 8.42. The summed E-state index contributed by atoms with van der Waals surface area (Å²) in [5, 5.41) is 21.0. The van der Waals surface area contributed by atoms with Gasteiger partial charge in [-0.3, -0.25) is 14.9 Å². The van der Waals surface area contributed by atoms with Crippen molar-refractivity contribution >= 4 is 29.0 Å². The molecule has 134 valence electrons. The van der Waals surface area contributed by atoms with Crippen LogP contribution in [-0.4, -0.2) is 26.3 Å². The maximum Gasteiger partial charge on any atom is 0.277 e. The number of furan rings is 1. The van der Waals surface area contributed by atoms with Crippen molar-refractivity contribution in [1.82, 2.24) is 10.2 Å². The normalized spacial score (nSPS) is 11.9. The lowest BCUT2D eigenvalue weighted by Gasteiger charge is -2.09. The summed E-state index contributed by atoms with van der Waals surface area (Å²) in [6.07, 6.45) is 1.52. The summed E-state index contributed by atoms with van der Waals surface area (Å²) in [7, 11) is 0. The molecule has 0 saturated carbocycles. The quantitative estimate of drug-likeness (QED) is 0.394. The molecule has 26 heavy (non-hydrogen) atoms. The van der Waals surface area contributed by atoms with Gasteiger partial charge in [0.15, 0.2) is 0 Å². The number of hydrogen-bond donors (Lipinski definition) is 1. The van der Waals surface area contributed by atoms with Crippen molar-refractivity contribution in [1.29, 1.82) is 0 Å². The molecule has 1 amide bonds. The summed E-state index contributed by atoms with van der Waals surface area (Å²) in [6.45, 7) is 3.45. The molecule has 0 fully saturated rings. The summed E-state index contributed by atoms with van der Waals surface area (Å²) >= 11 is 1.09. The molecule has 0 spiro atoms. The Morgan fingerprint density at radius 2 is 2.15 bits per heavy atom. The van der Waals surface area contributed by atoms with Crippen molar-refractivity contribution in [2.75, 3.05) is 5.32 Å². The second-order valence-corrected chi connectivity index (χ2v) is 6.61. The van der Waals surface area contributed by atoms with Crippen LogP contribution in [-0.2, 0) is 4.79 Å². The highest BCUT2D eigenvalue weighted by Crippen LogP contribution is 2.29. The molecule has 9 nitrogen and oxygen atoms in total. The summed E-state index contributed by atoms with van der Waals surface area (Å²) in [4.78, 5) is 22.6. The highest BCUT2D eigenvalue weighted by Gasteiger charge is 2.20. The third-order valence-corrected chi connectivity index (χ3v) is 4.40. The number of carbonyl (C=O) groups is 1. The van der Waals surface area contributed by atoms with E-state index < -0.39 is 10.2 Å². The van der Waals surface area contributed by atoms with E-state index in [0.717, 1.165) is 11.8 Å². The number of non-ortho nitro benzene ring substituents is 1. The number of rotatable bonds is 6. The van der Waals surface area contributed by atoms with Crippen LogP contribution in [0.5, 0.6) is 0 Å². The number of hydrogen-bond acceptors (Lipinski definition) is 8. The Morgan fingerprint density at radius 3 is 2.85 bits per heavy atom. The number of carbonyl (C=O) groups excluding carboxylic acids is 1. The fourth-order valence-electron chi connectivity index (χ4n) is 2.12. The maximum atomic E-state index is 12.3. The highest BCUT2D eigenvalue weighted by atomic mass is 32.2. The van der Waals surface area contributed by atoms with E-state index >= 15 is 0 Å². The number of aryl methyl sites for hydroxylation is 1. The molecule has 0 saturated heterocycles. The first kappa shape index (κ1) is 17.7. The van der Waals surface area contributed by atoms with Crippen LogP contribution in [0.2, 0.25) is 0 Å². The van der Waals surface area contributed by atoms with Crippen molar-refractivity contribution in [3.63, 3.8) is 0 Å². The van der Waals surface area contributed by atoms with Crippen molar-refractivity contribution in [2.24, 2.45) is 0 Å². The van der Waals surface area contributed by atoms with Gasteiger partial charge in [0.1, 0.15) is 5.76 Å². The zero-order chi connectivity index (χ0) is 18.7. The summed E-state index contributed by atoms with van der Waals surface area (Å²) < 4.78 is 10.7. The van der Waals surface area contributed by atoms with Crippen LogP contribution in [0.25, 0.3) is 11.5 Å². The number of thioether (sulfide) groups is 1. The van der Waals surface area contributed by atoms with Crippen LogP contribution < -0.4 is 5.32 Å². The van der Waals surface area contributed by atoms with Crippen molar-refractivity contribution < 1.29 is 18.6 Å². The lowest BCUT2D eigenvalue weighted by Crippen LogP contribution is -2.22. The Balaban J connectivity index is 1.65. The van der Waals surface area contributed by atoms with Crippen LogP contribution in [0.15, 0.2) is 50.7 Å². The Morgan fingerprint density at radius 1 is 1.35 bits per heavy atom. The predicted molar refractivity (Wildman–Crippen MR) is 93.8 cm³/mol. The molecule has 1 N–H and O–H groups in total. The average molecular weight is 374 g/mol. The summed E-state index contributed by atoms with van der Waals surface area (Å²) in [5.41, 5.74) is 0.940. The molecule has 1 atom stereocenters. The SMILES string of the molecule is Cc1occc1-c1nnc(SC(C)C(=O)Nc2cccc([N+](=O)[O-])c2)o1. The van der Waals surface area contributed by atoms with Crippen LogP contribution >= 0.6 is 11.8 Å². The summed E-state index contributed by atoms with van der Waals surface area (Å²) in [5.74, 6) is 0.626. The zero-order valence-electron chi connectivity index (χ0n) is 13.8. The monoisotopic (exact) mass is 374 g/mol. The molecule has 2 heterocycles. The van der Waals surface area contributed by atoms with Gasteiger partial charge in [0, 0.05) is 17.8 Å². The van der Waals surface area contributed by atoms with Gasteiger partial charge in [-0.05, 0) is 26.0 Å². The molecule has 1 aromatic carbocycles. The molecule has 0 bridgehead atoms. The van der Waals surface area contributed by atoms with Crippen LogP contribution in [0.1, 0.15) is 12.7 Å². The second kappa shape index (κ2) is 7.40. The van der Waals surface area contributed by atoms with E-state index in [9.17, 15) is 14.9 Å². The van der Waals surface area contributed by atoms with Gasteiger partial charge in [0.25, 0.3) is 16.8 Å². The Bertz CT molecular complexity index is 952. The Kier molecular flexibility index (Phi) is 5.03. The number of nitro groups is 1. The minimum Gasteiger partial charge on any atom is -0.469 e. The first-order valence-electron chi connectivity index (χ1n) is 7.54. The molecule has 0 radical (unpaired) electrons. The van der Waals surface area contributed by atoms with Gasteiger partial charge in [-0.1, -0.05) is 17.8 Å². The topological polar surface area (TPSA) is 124 Å². The number of nitro benzene ring substituents is 1. The molecule has 3 rings (SSSR count). The van der Waals surface area contributed by atoms with Gasteiger partial charge in [-0.25, -0.2) is 0 Å². The average Bonchev–Trinajstić information content (AvgIpc) is 3.23. The number of nitrogens with one attached hydrogen (secondary N) is 1. The van der Waals surface area contributed by atoms with Gasteiger partial charge < -0.3 is 14.2 Å². The van der Waals surface area contributed by atoms with Gasteiger partial charge >= 0.3 is 0 Å². The van der Waals surface area contributed by atoms with Gasteiger partial charge in [0.2, 0.25) is 5.91 Å². The van der Waals surface area contributed by atoms with Crippen molar-refractivity contribution in [3.05, 3.63) is 52.5 Å². The standard InChI is InChI=1S/C16H14N4O5S/c1-9-13(6-7-24-9)15-18-19-16(25-15)26-10(2)14(21)17-11-4-3-5-12(8-11)20(22)23/h3-8,10H,1-2H3,(H,17,21). The molecule has 10 heteroatoms. The lowest BCUT2D eigenvalue weighted by molar-refractivity contribution is -0.384. The van der Waals surface area contributed by atoms with E-state index in [1.165, 1.54) is 24.5 Å². The minimum atomic E-state index is -0.548. The lowest BCUT2D eigenvalue weighted by atomic mass is 10.2. The number of anilines is 1. The second-order valence-electron chi connectivity index (χ2n) is 5.32. The van der Waals surface area contributed by atoms with Crippen LogP contribution in [0.4, 0.5) is 11.4 Å². The Hall–Kier alpha value is -3.14. The van der Waals surface area contributed by atoms with Gasteiger partial charge in [-0.2, -0.15) is 0 Å². The van der Waals surface area contributed by atoms with E-state index in [1.807, 2.05) is 0 Å². The fourth-order valence-corrected chi connectivity index (χ4v) is 2.80. The molecule has 0 aliphatic rings. The van der Waals surface area contributed by atoms with Crippen molar-refractivity contribution in [3.8, 4) is 11.5 Å². The zero-order valence-corrected chi connectivity index (χ0v) is 14.6. The smallest absolute Gasteiger partial charge is 0.277 e. The molecule has 0 aliphatic carbocycles. The molecular weight excluding hydrogens is 360 g/mol. The number of aromatic nitrogens is 2. The first-order chi connectivity index (χ1) is 12.4. The third kappa shape index (κ3) is 3.91. The fraction of sp³-hybridized carbons (Fsp3) is 0.188. The van der Waals surface area contributed by atoms with Crippen molar-refractivity contribution in [2.45, 2.75) is 24.3 Å². The third-order valence-electron chi connectivity index (χ3n) is 3.47. The molecular formula is C16H14N4O5S. The van der Waals surface area contributed by atoms with Crippen LogP contribution in [0, 0.1) is 17.0 Å². The number of benzene rings is 1. The number of amides is 1. The van der Waals surface area contributed by atoms with Crippen LogP contribution in [0.3, 0.4) is 0 Å². The van der Waals surface area contributed by atoms with Gasteiger partial charge in [0.05, 0.1) is 22.0 Å². The van der Waals surface area contributed by atoms with E-state index in [4.69, 9.17) is 8.83 Å². The number of nitrogens with zero attached hydrogens (tertiary/aromatic N) is 3. The van der Waals surface area contributed by atoms with E-state index in [-0.39, 0.29) is 16.8 Å². The van der Waals surface area contributed by atoms with E-state index in [2.05, 4.69) is 15.5 Å². The maximum absolute atomic E-state index is 12.3. The van der Waals surface area contributed by atoms with E-state index in [1.54, 1.807) is 26.0 Å². The minimum absolute atomic E-state index is 0.0971. The summed E-state index contributed by atoms with van der Waals surface area (Å²) in [6, 6.07) is 7.45. The Labute approximate surface area is 151 Å². The molecule has 1 unspecified atom stereocenters. The molecule has 2 aromatic heterocycles.